The molecule has 7 nitrogen and oxygen atoms in total. The first-order chi connectivity index (χ1) is 18.0. The quantitative estimate of drug-likeness (QED) is 0.239. The Bertz CT molecular complexity index is 1560. The summed E-state index contributed by atoms with van der Waals surface area (Å²) in [5.41, 5.74) is 2.25. The first kappa shape index (κ1) is 26.9. The third kappa shape index (κ3) is 5.42. The molecular formula is C27H24F3N3O4S. The Morgan fingerprint density at radius 3 is 2.21 bits per heavy atom. The van der Waals surface area contributed by atoms with Gasteiger partial charge in [-0.05, 0) is 41.8 Å². The minimum Gasteiger partial charge on any atom is -0.399 e. The smallest absolute Gasteiger partial charge is 0.399 e. The van der Waals surface area contributed by atoms with E-state index in [1.165, 1.54) is 36.4 Å². The topological polar surface area (TPSA) is 89.8 Å². The normalized spacial score (nSPS) is 13.9. The van der Waals surface area contributed by atoms with Gasteiger partial charge in [0.15, 0.2) is 0 Å². The predicted octanol–water partition coefficient (Wildman–Crippen LogP) is 5.38. The van der Waals surface area contributed by atoms with Crippen LogP contribution in [0.4, 0.5) is 13.2 Å². The number of alkyl halides is 3. The number of fused-ring (bicyclic) bond motifs is 1. The second-order valence-electron chi connectivity index (χ2n) is 8.49. The van der Waals surface area contributed by atoms with Crippen LogP contribution < -0.4 is 5.32 Å². The van der Waals surface area contributed by atoms with E-state index >= 15 is 0 Å². The molecule has 0 aliphatic heterocycles. The van der Waals surface area contributed by atoms with Crippen LogP contribution in [-0.4, -0.2) is 37.8 Å². The summed E-state index contributed by atoms with van der Waals surface area (Å²) in [6.07, 6.45) is -1.92. The van der Waals surface area contributed by atoms with E-state index in [0.717, 1.165) is 0 Å². The van der Waals surface area contributed by atoms with Crippen molar-refractivity contribution in [3.05, 3.63) is 102 Å². The minimum atomic E-state index is -4.98. The number of nitrogens with zero attached hydrogens (tertiary/aromatic N) is 2. The molecule has 0 saturated carbocycles. The van der Waals surface area contributed by atoms with Crippen LogP contribution in [0.15, 0.2) is 95.1 Å². The first-order valence-corrected chi connectivity index (χ1v) is 12.9. The van der Waals surface area contributed by atoms with Crippen molar-refractivity contribution in [1.82, 2.24) is 9.29 Å². The van der Waals surface area contributed by atoms with Gasteiger partial charge >= 0.3 is 12.1 Å². The number of benzene rings is 3. The Balaban J connectivity index is 1.77. The fourth-order valence-electron chi connectivity index (χ4n) is 4.15. The average molecular weight is 544 g/mol. The SMILES string of the molecule is CO/N=C/C(c1ccc(C(C)NC(=O)C(F)(F)F)cc1)c1cn(S(=O)(=O)c2ccccc2)c2ccccc12. The van der Waals surface area contributed by atoms with Crippen LogP contribution in [0.3, 0.4) is 0 Å². The van der Waals surface area contributed by atoms with Crippen molar-refractivity contribution in [1.29, 1.82) is 0 Å². The van der Waals surface area contributed by atoms with E-state index in [2.05, 4.69) is 5.16 Å². The van der Waals surface area contributed by atoms with Crippen LogP contribution in [-0.2, 0) is 19.7 Å². The number of carbonyl (C=O) groups is 1. The molecule has 0 bridgehead atoms. The second-order valence-corrected chi connectivity index (χ2v) is 10.3. The number of para-hydroxylation sites is 1. The van der Waals surface area contributed by atoms with E-state index in [0.29, 0.717) is 27.6 Å². The van der Waals surface area contributed by atoms with Gasteiger partial charge in [0.2, 0.25) is 0 Å². The monoisotopic (exact) mass is 543 g/mol. The highest BCUT2D eigenvalue weighted by Gasteiger charge is 2.39. The first-order valence-electron chi connectivity index (χ1n) is 11.5. The van der Waals surface area contributed by atoms with Gasteiger partial charge in [0.1, 0.15) is 7.11 Å². The summed E-state index contributed by atoms with van der Waals surface area (Å²) in [7, 11) is -2.53. The zero-order valence-corrected chi connectivity index (χ0v) is 21.2. The molecule has 1 heterocycles. The summed E-state index contributed by atoms with van der Waals surface area (Å²) < 4.78 is 66.2. The minimum absolute atomic E-state index is 0.133. The van der Waals surface area contributed by atoms with Gasteiger partial charge in [0, 0.05) is 17.5 Å². The molecule has 4 aromatic rings. The molecular weight excluding hydrogens is 519 g/mol. The van der Waals surface area contributed by atoms with Gasteiger partial charge in [-0.3, -0.25) is 4.79 Å². The van der Waals surface area contributed by atoms with Crippen molar-refractivity contribution in [3.8, 4) is 0 Å². The molecule has 2 unspecified atom stereocenters. The standard InChI is InChI=1S/C27H24F3N3O4S/c1-18(32-26(34)27(28,29)30)19-12-14-20(15-13-19)23(16-31-37-2)24-17-33(25-11-7-6-10-22(24)25)38(35,36)21-8-4-3-5-9-21/h3-18,23H,1-2H3,(H,32,34)/b31-16+. The lowest BCUT2D eigenvalue weighted by Gasteiger charge is -2.17. The van der Waals surface area contributed by atoms with Crippen molar-refractivity contribution in [2.45, 2.75) is 30.0 Å². The summed E-state index contributed by atoms with van der Waals surface area (Å²) in [4.78, 5) is 16.3. The third-order valence-corrected chi connectivity index (χ3v) is 7.75. The van der Waals surface area contributed by atoms with E-state index in [1.54, 1.807) is 72.9 Å². The summed E-state index contributed by atoms with van der Waals surface area (Å²) in [5, 5.41) is 6.53. The van der Waals surface area contributed by atoms with E-state index in [-0.39, 0.29) is 4.90 Å². The van der Waals surface area contributed by atoms with Crippen LogP contribution in [0, 0.1) is 0 Å². The Morgan fingerprint density at radius 2 is 1.58 bits per heavy atom. The molecule has 0 radical (unpaired) electrons. The van der Waals surface area contributed by atoms with Crippen LogP contribution in [0.2, 0.25) is 0 Å². The fraction of sp³-hybridized carbons (Fsp3) is 0.185. The lowest BCUT2D eigenvalue weighted by atomic mass is 9.91. The third-order valence-electron chi connectivity index (χ3n) is 6.06. The Kier molecular flexibility index (Phi) is 7.58. The summed E-state index contributed by atoms with van der Waals surface area (Å²) in [6.45, 7) is 1.45. The van der Waals surface area contributed by atoms with Crippen molar-refractivity contribution in [2.24, 2.45) is 5.16 Å². The largest absolute Gasteiger partial charge is 0.471 e. The zero-order valence-electron chi connectivity index (χ0n) is 20.4. The highest BCUT2D eigenvalue weighted by molar-refractivity contribution is 7.90. The zero-order chi connectivity index (χ0) is 27.5. The molecule has 0 aliphatic rings. The number of aromatic nitrogens is 1. The summed E-state index contributed by atoms with van der Waals surface area (Å²) in [5.74, 6) is -2.58. The molecule has 11 heteroatoms. The van der Waals surface area contributed by atoms with E-state index in [4.69, 9.17) is 4.84 Å². The summed E-state index contributed by atoms with van der Waals surface area (Å²) >= 11 is 0. The van der Waals surface area contributed by atoms with Crippen LogP contribution in [0.1, 0.15) is 35.6 Å². The number of oxime groups is 1. The highest BCUT2D eigenvalue weighted by Crippen LogP contribution is 2.34. The van der Waals surface area contributed by atoms with Crippen molar-refractivity contribution < 1.29 is 31.2 Å². The molecule has 0 aliphatic carbocycles. The maximum Gasteiger partial charge on any atom is 0.471 e. The fourth-order valence-corrected chi connectivity index (χ4v) is 5.55. The number of nitrogens with one attached hydrogen (secondary N) is 1. The lowest BCUT2D eigenvalue weighted by Crippen LogP contribution is -2.38. The molecule has 4 rings (SSSR count). The number of carbonyl (C=O) groups excluding carboxylic acids is 1. The predicted molar refractivity (Wildman–Crippen MR) is 137 cm³/mol. The van der Waals surface area contributed by atoms with E-state index in [9.17, 15) is 26.4 Å². The van der Waals surface area contributed by atoms with E-state index in [1.807, 2.05) is 5.32 Å². The molecule has 1 N–H and O–H groups in total. The summed E-state index contributed by atoms with van der Waals surface area (Å²) in [6, 6.07) is 20.8. The van der Waals surface area contributed by atoms with Gasteiger partial charge < -0.3 is 10.2 Å². The molecule has 38 heavy (non-hydrogen) atoms. The molecule has 2 atom stereocenters. The molecule has 0 saturated heterocycles. The Morgan fingerprint density at radius 1 is 0.974 bits per heavy atom. The van der Waals surface area contributed by atoms with Crippen molar-refractivity contribution >= 4 is 33.0 Å². The van der Waals surface area contributed by atoms with Crippen LogP contribution in [0.25, 0.3) is 10.9 Å². The molecule has 0 fully saturated rings. The second kappa shape index (κ2) is 10.7. The van der Waals surface area contributed by atoms with Gasteiger partial charge in [0.05, 0.1) is 22.7 Å². The van der Waals surface area contributed by atoms with Crippen LogP contribution in [0.5, 0.6) is 0 Å². The van der Waals surface area contributed by atoms with E-state index < -0.39 is 34.1 Å². The Labute approximate surface area is 217 Å². The van der Waals surface area contributed by atoms with Crippen LogP contribution >= 0.6 is 0 Å². The van der Waals surface area contributed by atoms with Gasteiger partial charge in [-0.1, -0.05) is 65.8 Å². The van der Waals surface area contributed by atoms with Crippen molar-refractivity contribution in [3.63, 3.8) is 0 Å². The number of hydrogen-bond acceptors (Lipinski definition) is 5. The van der Waals surface area contributed by atoms with Gasteiger partial charge in [0.25, 0.3) is 10.0 Å². The highest BCUT2D eigenvalue weighted by atomic mass is 32.2. The van der Waals surface area contributed by atoms with Gasteiger partial charge in [-0.25, -0.2) is 12.4 Å². The van der Waals surface area contributed by atoms with Gasteiger partial charge in [-0.15, -0.1) is 0 Å². The van der Waals surface area contributed by atoms with Crippen molar-refractivity contribution in [2.75, 3.05) is 7.11 Å². The maximum absolute atomic E-state index is 13.5. The lowest BCUT2D eigenvalue weighted by molar-refractivity contribution is -0.174. The number of rotatable bonds is 8. The number of halogens is 3. The molecule has 1 aromatic heterocycles. The molecule has 198 valence electrons. The number of hydrogen-bond donors (Lipinski definition) is 1. The average Bonchev–Trinajstić information content (AvgIpc) is 3.29. The molecule has 1 amide bonds. The number of amides is 1. The maximum atomic E-state index is 13.5. The molecule has 3 aromatic carbocycles. The molecule has 0 spiro atoms. The Hall–Kier alpha value is -4.12. The van der Waals surface area contributed by atoms with Gasteiger partial charge in [-0.2, -0.15) is 13.2 Å².